The van der Waals surface area contributed by atoms with Gasteiger partial charge in [-0.15, -0.1) is 34.8 Å². The first-order chi connectivity index (χ1) is 3.55. The topological polar surface area (TPSA) is 0 Å². The number of halogens is 4. The average molecular weight is 256 g/mol. The van der Waals surface area contributed by atoms with E-state index in [4.69, 9.17) is 34.8 Å². The quantitative estimate of drug-likeness (QED) is 0.519. The summed E-state index contributed by atoms with van der Waals surface area (Å²) >= 11 is 19.9. The molecule has 8 heavy (non-hydrogen) atoms. The summed E-state index contributed by atoms with van der Waals surface area (Å²) in [7, 11) is 0.966. The molecule has 0 spiro atoms. The highest BCUT2D eigenvalue weighted by Crippen LogP contribution is 2.20. The van der Waals surface area contributed by atoms with E-state index in [-0.39, 0.29) is 5.38 Å². The molecule has 2 unspecified atom stereocenters. The minimum absolute atomic E-state index is 0.148. The Balaban J connectivity index is 3.46. The number of hydrogen-bond donors (Lipinski definition) is 0. The molecule has 0 aliphatic rings. The number of alkyl halides is 4. The van der Waals surface area contributed by atoms with E-state index in [2.05, 4.69) is 15.9 Å². The van der Waals surface area contributed by atoms with Crippen LogP contribution in [0.4, 0.5) is 0 Å². The van der Waals surface area contributed by atoms with Crippen molar-refractivity contribution in [2.24, 2.45) is 0 Å². The highest BCUT2D eigenvalue weighted by molar-refractivity contribution is 9.10. The molecule has 0 aromatic rings. The summed E-state index contributed by atoms with van der Waals surface area (Å²) in [4.78, 5) is -0.460. The van der Waals surface area contributed by atoms with E-state index in [0.29, 0.717) is 4.45 Å². The lowest BCUT2D eigenvalue weighted by Gasteiger charge is -2.11. The summed E-state index contributed by atoms with van der Waals surface area (Å²) in [6, 6.07) is 0. The molecule has 50 valence electrons. The van der Waals surface area contributed by atoms with Gasteiger partial charge in [0.05, 0.1) is 5.38 Å². The van der Waals surface area contributed by atoms with Crippen molar-refractivity contribution in [3.8, 4) is 0 Å². The summed E-state index contributed by atoms with van der Waals surface area (Å²) in [6.45, 7) is 0. The van der Waals surface area contributed by atoms with Crippen molar-refractivity contribution in [3.05, 3.63) is 0 Å². The molecule has 0 nitrogen and oxygen atoms in total. The molecule has 0 saturated carbocycles. The van der Waals surface area contributed by atoms with Crippen LogP contribution in [-0.4, -0.2) is 24.9 Å². The number of rotatable bonds is 2. The summed E-state index contributed by atoms with van der Waals surface area (Å²) < 4.78 is 0.296. The second-order valence-electron chi connectivity index (χ2n) is 1.46. The third kappa shape index (κ3) is 3.57. The molecule has 0 fully saturated rings. The normalized spacial score (nSPS) is 19.1. The van der Waals surface area contributed by atoms with E-state index in [1.807, 2.05) is 0 Å². The maximum absolute atomic E-state index is 5.67. The Bertz CT molecular complexity index is 59.5. The smallest absolute Gasteiger partial charge is 0.119 e. The predicted octanol–water partition coefficient (Wildman–Crippen LogP) is 1.48. The van der Waals surface area contributed by atoms with E-state index >= 15 is 0 Å². The van der Waals surface area contributed by atoms with Gasteiger partial charge in [0.25, 0.3) is 0 Å². The van der Waals surface area contributed by atoms with Crippen LogP contribution in [0.2, 0.25) is 0 Å². The Kier molecular flexibility index (Phi) is 5.25. The first-order valence-corrected chi connectivity index (χ1v) is 5.50. The van der Waals surface area contributed by atoms with Gasteiger partial charge in [-0.05, 0) is 0 Å². The van der Waals surface area contributed by atoms with Crippen LogP contribution in [0.25, 0.3) is 0 Å². The van der Waals surface area contributed by atoms with Crippen molar-refractivity contribution in [1.82, 2.24) is 0 Å². The van der Waals surface area contributed by atoms with Gasteiger partial charge in [0, 0.05) is 14.7 Å². The monoisotopic (exact) mass is 254 g/mol. The van der Waals surface area contributed by atoms with Gasteiger partial charge in [0.1, 0.15) is 4.84 Å². The summed E-state index contributed by atoms with van der Waals surface area (Å²) in [6.07, 6.45) is 0. The lowest BCUT2D eigenvalue weighted by molar-refractivity contribution is 1.02. The molecular formula is C3H6BrCl3Si. The van der Waals surface area contributed by atoms with Gasteiger partial charge in [-0.3, -0.25) is 0 Å². The molecule has 2 atom stereocenters. The summed E-state index contributed by atoms with van der Waals surface area (Å²) in [5, 5.41) is -0.148. The molecule has 0 bridgehead atoms. The standard InChI is InChI=1S/C3H6BrCl3Si/c4-2(8)1(5)3(6)7/h1-3H,8H3. The Morgan fingerprint density at radius 3 is 1.62 bits per heavy atom. The molecule has 0 rings (SSSR count). The van der Waals surface area contributed by atoms with Crippen LogP contribution >= 0.6 is 50.7 Å². The second-order valence-corrected chi connectivity index (χ2v) is 7.50. The van der Waals surface area contributed by atoms with Crippen LogP contribution < -0.4 is 0 Å². The minimum atomic E-state index is -0.460. The molecule has 0 heterocycles. The Morgan fingerprint density at radius 1 is 1.25 bits per heavy atom. The van der Waals surface area contributed by atoms with Gasteiger partial charge in [-0.1, -0.05) is 15.9 Å². The minimum Gasteiger partial charge on any atom is -0.119 e. The van der Waals surface area contributed by atoms with Gasteiger partial charge < -0.3 is 0 Å². The van der Waals surface area contributed by atoms with Gasteiger partial charge in [-0.2, -0.15) is 0 Å². The Labute approximate surface area is 75.4 Å². The van der Waals surface area contributed by atoms with Gasteiger partial charge in [-0.25, -0.2) is 0 Å². The summed E-state index contributed by atoms with van der Waals surface area (Å²) in [5.41, 5.74) is 0. The van der Waals surface area contributed by atoms with Crippen LogP contribution in [0.3, 0.4) is 0 Å². The lowest BCUT2D eigenvalue weighted by atomic mass is 10.5. The van der Waals surface area contributed by atoms with Gasteiger partial charge in [0.2, 0.25) is 0 Å². The van der Waals surface area contributed by atoms with E-state index in [1.54, 1.807) is 0 Å². The van der Waals surface area contributed by atoms with Crippen molar-refractivity contribution in [3.63, 3.8) is 0 Å². The summed E-state index contributed by atoms with van der Waals surface area (Å²) in [5.74, 6) is 0. The number of hydrogen-bond acceptors (Lipinski definition) is 0. The molecular weight excluding hydrogens is 250 g/mol. The van der Waals surface area contributed by atoms with E-state index < -0.39 is 4.84 Å². The molecule has 0 radical (unpaired) electrons. The molecule has 5 heteroatoms. The van der Waals surface area contributed by atoms with Crippen LogP contribution in [0.1, 0.15) is 0 Å². The molecule has 0 amide bonds. The van der Waals surface area contributed by atoms with E-state index in [9.17, 15) is 0 Å². The molecule has 0 aromatic heterocycles. The molecule has 0 aliphatic heterocycles. The third-order valence-corrected chi connectivity index (χ3v) is 4.13. The van der Waals surface area contributed by atoms with Crippen molar-refractivity contribution < 1.29 is 0 Å². The fourth-order valence-electron chi connectivity index (χ4n) is 0.200. The zero-order valence-electron chi connectivity index (χ0n) is 4.24. The van der Waals surface area contributed by atoms with Crippen LogP contribution in [0.15, 0.2) is 0 Å². The van der Waals surface area contributed by atoms with Gasteiger partial charge in [0.15, 0.2) is 0 Å². The van der Waals surface area contributed by atoms with Crippen LogP contribution in [-0.2, 0) is 0 Å². The highest BCUT2D eigenvalue weighted by Gasteiger charge is 2.17. The molecule has 0 aliphatic carbocycles. The first kappa shape index (κ1) is 9.57. The van der Waals surface area contributed by atoms with E-state index in [1.165, 1.54) is 0 Å². The fourth-order valence-corrected chi connectivity index (χ4v) is 2.17. The predicted molar refractivity (Wildman–Crippen MR) is 47.8 cm³/mol. The van der Waals surface area contributed by atoms with Crippen molar-refractivity contribution >= 4 is 61.0 Å². The first-order valence-electron chi connectivity index (χ1n) is 2.12. The largest absolute Gasteiger partial charge is 0.124 e. The second kappa shape index (κ2) is 4.39. The zero-order chi connectivity index (χ0) is 6.73. The van der Waals surface area contributed by atoms with Crippen molar-refractivity contribution in [2.75, 3.05) is 0 Å². The maximum atomic E-state index is 5.67. The molecule has 0 saturated heterocycles. The fraction of sp³-hybridized carbons (Fsp3) is 1.00. The third-order valence-electron chi connectivity index (χ3n) is 0.680. The van der Waals surface area contributed by atoms with Crippen molar-refractivity contribution in [1.29, 1.82) is 0 Å². The van der Waals surface area contributed by atoms with E-state index in [0.717, 1.165) is 10.2 Å². The Morgan fingerprint density at radius 2 is 1.62 bits per heavy atom. The average Bonchev–Trinajstić information content (AvgIpc) is 1.64. The van der Waals surface area contributed by atoms with Crippen LogP contribution in [0.5, 0.6) is 0 Å². The maximum Gasteiger partial charge on any atom is 0.124 e. The zero-order valence-corrected chi connectivity index (χ0v) is 10.1. The SMILES string of the molecule is [SiH3]C(Br)C(Cl)C(Cl)Cl. The van der Waals surface area contributed by atoms with Crippen LogP contribution in [0, 0.1) is 0 Å². The lowest BCUT2D eigenvalue weighted by Crippen LogP contribution is -2.20. The van der Waals surface area contributed by atoms with Crippen molar-refractivity contribution in [2.45, 2.75) is 14.7 Å². The van der Waals surface area contributed by atoms with Gasteiger partial charge >= 0.3 is 0 Å². The highest BCUT2D eigenvalue weighted by atomic mass is 79.9. The molecule has 0 aromatic carbocycles. The molecule has 0 N–H and O–H groups in total. The Hall–Kier alpha value is 1.57.